The maximum Gasteiger partial charge on any atom is 0.263 e. The lowest BCUT2D eigenvalue weighted by molar-refractivity contribution is 0.398. The first kappa shape index (κ1) is 14.4. The van der Waals surface area contributed by atoms with Crippen LogP contribution in [0.2, 0.25) is 5.02 Å². The van der Waals surface area contributed by atoms with E-state index in [1.807, 2.05) is 0 Å². The summed E-state index contributed by atoms with van der Waals surface area (Å²) in [6, 6.07) is 7.27. The minimum absolute atomic E-state index is 0.0517. The Balaban J connectivity index is 2.30. The summed E-state index contributed by atoms with van der Waals surface area (Å²) in [5.41, 5.74) is 6.23. The first-order chi connectivity index (χ1) is 9.42. The van der Waals surface area contributed by atoms with E-state index in [1.54, 1.807) is 6.07 Å². The second-order valence-corrected chi connectivity index (χ2v) is 5.94. The second kappa shape index (κ2) is 5.56. The van der Waals surface area contributed by atoms with Gasteiger partial charge in [-0.3, -0.25) is 4.72 Å². The van der Waals surface area contributed by atoms with Crippen LogP contribution in [0.15, 0.2) is 41.4 Å². The molecule has 0 amide bonds. The normalized spacial score (nSPS) is 11.1. The number of methoxy groups -OCH3 is 1. The van der Waals surface area contributed by atoms with Crippen molar-refractivity contribution < 1.29 is 13.2 Å². The molecule has 0 unspecified atom stereocenters. The number of sulfonamides is 1. The summed E-state index contributed by atoms with van der Waals surface area (Å²) in [6.45, 7) is 0. The van der Waals surface area contributed by atoms with Crippen LogP contribution in [0.25, 0.3) is 0 Å². The van der Waals surface area contributed by atoms with Crippen molar-refractivity contribution in [3.8, 4) is 5.88 Å². The van der Waals surface area contributed by atoms with Gasteiger partial charge in [0.1, 0.15) is 4.90 Å². The Kier molecular flexibility index (Phi) is 4.01. The Labute approximate surface area is 121 Å². The average Bonchev–Trinajstić information content (AvgIpc) is 2.38. The van der Waals surface area contributed by atoms with E-state index in [2.05, 4.69) is 9.71 Å². The Morgan fingerprint density at radius 2 is 2.05 bits per heavy atom. The number of halogens is 1. The topological polar surface area (TPSA) is 94.3 Å². The number of ether oxygens (including phenoxy) is 1. The van der Waals surface area contributed by atoms with E-state index in [1.165, 1.54) is 37.6 Å². The van der Waals surface area contributed by atoms with Gasteiger partial charge in [-0.25, -0.2) is 13.4 Å². The number of pyridine rings is 1. The maximum atomic E-state index is 12.2. The van der Waals surface area contributed by atoms with Crippen molar-refractivity contribution in [2.45, 2.75) is 4.90 Å². The zero-order valence-corrected chi connectivity index (χ0v) is 12.1. The first-order valence-electron chi connectivity index (χ1n) is 5.50. The SMILES string of the molecule is COc1ccc(NS(=O)(=O)c2ccc(N)cc2Cl)cn1. The zero-order valence-electron chi connectivity index (χ0n) is 10.5. The van der Waals surface area contributed by atoms with Crippen LogP contribution < -0.4 is 15.2 Å². The molecule has 3 N–H and O–H groups in total. The minimum atomic E-state index is -3.80. The molecule has 0 atom stereocenters. The number of nitrogens with one attached hydrogen (secondary N) is 1. The summed E-state index contributed by atoms with van der Waals surface area (Å²) in [4.78, 5) is 3.86. The number of nitrogens with two attached hydrogens (primary N) is 1. The van der Waals surface area contributed by atoms with Gasteiger partial charge >= 0.3 is 0 Å². The number of nitrogens with zero attached hydrogens (tertiary/aromatic N) is 1. The fourth-order valence-electron chi connectivity index (χ4n) is 1.51. The van der Waals surface area contributed by atoms with E-state index < -0.39 is 10.0 Å². The predicted molar refractivity (Wildman–Crippen MR) is 77.5 cm³/mol. The van der Waals surface area contributed by atoms with Crippen LogP contribution >= 0.6 is 11.6 Å². The monoisotopic (exact) mass is 313 g/mol. The van der Waals surface area contributed by atoms with Gasteiger partial charge in [0.25, 0.3) is 10.0 Å². The van der Waals surface area contributed by atoms with Crippen molar-refractivity contribution >= 4 is 33.0 Å². The molecule has 1 heterocycles. The maximum absolute atomic E-state index is 12.2. The van der Waals surface area contributed by atoms with Gasteiger partial charge in [0.2, 0.25) is 5.88 Å². The van der Waals surface area contributed by atoms with Crippen LogP contribution in [0.1, 0.15) is 0 Å². The van der Waals surface area contributed by atoms with Crippen LogP contribution in [0.4, 0.5) is 11.4 Å². The molecule has 1 aromatic carbocycles. The number of nitrogen functional groups attached to an aromatic ring is 1. The lowest BCUT2D eigenvalue weighted by Gasteiger charge is -2.10. The van der Waals surface area contributed by atoms with Crippen LogP contribution in [0, 0.1) is 0 Å². The zero-order chi connectivity index (χ0) is 14.8. The van der Waals surface area contributed by atoms with Gasteiger partial charge in [0.05, 0.1) is 24.0 Å². The summed E-state index contributed by atoms with van der Waals surface area (Å²) in [7, 11) is -2.33. The molecule has 20 heavy (non-hydrogen) atoms. The first-order valence-corrected chi connectivity index (χ1v) is 7.36. The van der Waals surface area contributed by atoms with Crippen molar-refractivity contribution in [2.24, 2.45) is 0 Å². The molecule has 6 nitrogen and oxygen atoms in total. The molecule has 106 valence electrons. The fraction of sp³-hybridized carbons (Fsp3) is 0.0833. The summed E-state index contributed by atoms with van der Waals surface area (Å²) in [5.74, 6) is 0.387. The Bertz CT molecular complexity index is 717. The third-order valence-corrected chi connectivity index (χ3v) is 4.31. The van der Waals surface area contributed by atoms with Crippen LogP contribution in [0.3, 0.4) is 0 Å². The van der Waals surface area contributed by atoms with E-state index in [9.17, 15) is 8.42 Å². The molecule has 8 heteroatoms. The number of anilines is 2. The fourth-order valence-corrected chi connectivity index (χ4v) is 3.10. The summed E-state index contributed by atoms with van der Waals surface area (Å²) in [6.07, 6.45) is 1.35. The molecule has 2 rings (SSSR count). The molecule has 0 aliphatic heterocycles. The Morgan fingerprint density at radius 1 is 1.30 bits per heavy atom. The van der Waals surface area contributed by atoms with Crippen molar-refractivity contribution in [3.05, 3.63) is 41.6 Å². The van der Waals surface area contributed by atoms with Crippen molar-refractivity contribution in [3.63, 3.8) is 0 Å². The number of hydrogen-bond acceptors (Lipinski definition) is 5. The predicted octanol–water partition coefficient (Wildman–Crippen LogP) is 2.13. The van der Waals surface area contributed by atoms with Gasteiger partial charge in [-0.1, -0.05) is 11.6 Å². The van der Waals surface area contributed by atoms with Gasteiger partial charge < -0.3 is 10.5 Å². The van der Waals surface area contributed by atoms with Gasteiger partial charge in [0, 0.05) is 11.8 Å². The second-order valence-electron chi connectivity index (χ2n) is 3.88. The van der Waals surface area contributed by atoms with Gasteiger partial charge in [-0.05, 0) is 24.3 Å². The summed E-state index contributed by atoms with van der Waals surface area (Å²) in [5, 5.41) is 0.0546. The van der Waals surface area contributed by atoms with Gasteiger partial charge in [0.15, 0.2) is 0 Å². The highest BCUT2D eigenvalue weighted by atomic mass is 35.5. The molecule has 0 radical (unpaired) electrons. The molecule has 0 aliphatic carbocycles. The van der Waals surface area contributed by atoms with Gasteiger partial charge in [-0.15, -0.1) is 0 Å². The molecule has 0 spiro atoms. The number of hydrogen-bond donors (Lipinski definition) is 2. The Morgan fingerprint density at radius 3 is 2.60 bits per heavy atom. The molecule has 2 aromatic rings. The molecule has 0 saturated heterocycles. The minimum Gasteiger partial charge on any atom is -0.481 e. The lowest BCUT2D eigenvalue weighted by Crippen LogP contribution is -2.13. The van der Waals surface area contributed by atoms with E-state index >= 15 is 0 Å². The summed E-state index contributed by atoms with van der Waals surface area (Å²) >= 11 is 5.89. The molecule has 1 aromatic heterocycles. The smallest absolute Gasteiger partial charge is 0.263 e. The van der Waals surface area contributed by atoms with E-state index in [4.69, 9.17) is 22.1 Å². The standard InChI is InChI=1S/C12H12ClN3O3S/c1-19-12-5-3-9(7-15-12)16-20(17,18)11-4-2-8(14)6-10(11)13/h2-7,16H,14H2,1H3. The summed E-state index contributed by atoms with van der Waals surface area (Å²) < 4.78 is 31.7. The third-order valence-electron chi connectivity index (χ3n) is 2.44. The van der Waals surface area contributed by atoms with Gasteiger partial charge in [-0.2, -0.15) is 0 Å². The highest BCUT2D eigenvalue weighted by Crippen LogP contribution is 2.25. The largest absolute Gasteiger partial charge is 0.481 e. The van der Waals surface area contributed by atoms with Crippen LogP contribution in [-0.4, -0.2) is 20.5 Å². The quantitative estimate of drug-likeness (QED) is 0.843. The highest BCUT2D eigenvalue weighted by molar-refractivity contribution is 7.92. The lowest BCUT2D eigenvalue weighted by atomic mass is 10.3. The van der Waals surface area contributed by atoms with E-state index in [-0.39, 0.29) is 9.92 Å². The molecular weight excluding hydrogens is 302 g/mol. The van der Waals surface area contributed by atoms with Crippen molar-refractivity contribution in [2.75, 3.05) is 17.6 Å². The number of aromatic nitrogens is 1. The Hall–Kier alpha value is -1.99. The molecule has 0 aliphatic rings. The van der Waals surface area contributed by atoms with E-state index in [0.29, 0.717) is 17.3 Å². The van der Waals surface area contributed by atoms with E-state index in [0.717, 1.165) is 0 Å². The molecule has 0 fully saturated rings. The molecular formula is C12H12ClN3O3S. The number of rotatable bonds is 4. The molecule has 0 bridgehead atoms. The van der Waals surface area contributed by atoms with Crippen LogP contribution in [-0.2, 0) is 10.0 Å². The average molecular weight is 314 g/mol. The van der Waals surface area contributed by atoms with Crippen LogP contribution in [0.5, 0.6) is 5.88 Å². The molecule has 0 saturated carbocycles. The third kappa shape index (κ3) is 3.12. The highest BCUT2D eigenvalue weighted by Gasteiger charge is 2.18. The van der Waals surface area contributed by atoms with Crippen molar-refractivity contribution in [1.82, 2.24) is 4.98 Å². The number of benzene rings is 1. The van der Waals surface area contributed by atoms with Crippen molar-refractivity contribution in [1.29, 1.82) is 0 Å².